The number of aromatic nitrogens is 2. The Morgan fingerprint density at radius 1 is 1.20 bits per heavy atom. The third-order valence-corrected chi connectivity index (χ3v) is 4.21. The molecule has 2 aromatic rings. The molecule has 3 rings (SSSR count). The number of anilines is 2. The predicted molar refractivity (Wildman–Crippen MR) is 95.4 cm³/mol. The Morgan fingerprint density at radius 2 is 1.88 bits per heavy atom. The second-order valence-corrected chi connectivity index (χ2v) is 6.61. The van der Waals surface area contributed by atoms with Crippen molar-refractivity contribution in [1.82, 2.24) is 9.55 Å². The molecule has 0 radical (unpaired) electrons. The van der Waals surface area contributed by atoms with Crippen molar-refractivity contribution in [3.63, 3.8) is 0 Å². The monoisotopic (exact) mass is 406 g/mol. The van der Waals surface area contributed by atoms with E-state index >= 15 is 0 Å². The van der Waals surface area contributed by atoms with Crippen molar-refractivity contribution in [1.29, 1.82) is 0 Å². The molecule has 1 aliphatic carbocycles. The van der Waals surface area contributed by atoms with E-state index in [1.807, 2.05) is 0 Å². The summed E-state index contributed by atoms with van der Waals surface area (Å²) in [6.07, 6.45) is 3.07. The van der Waals surface area contributed by atoms with E-state index in [1.165, 1.54) is 6.20 Å². The standard InChI is InChI=1S/C16H15BrN4O4/c17-12-7-21(16(25)20-15(12)24)8-13(22)18-10-2-1-3-11(6-10)19-14(23)9-4-5-9/h1-3,6-7,9H,4-5,8H2,(H,18,22)(H,19,23)(H,20,24,25). The molecule has 25 heavy (non-hydrogen) atoms. The van der Waals surface area contributed by atoms with E-state index in [4.69, 9.17) is 0 Å². The van der Waals surface area contributed by atoms with E-state index in [2.05, 4.69) is 31.5 Å². The highest BCUT2D eigenvalue weighted by atomic mass is 79.9. The Hall–Kier alpha value is -2.68. The first-order valence-electron chi connectivity index (χ1n) is 7.62. The number of H-pyrrole nitrogens is 1. The van der Waals surface area contributed by atoms with Crippen LogP contribution in [0.3, 0.4) is 0 Å². The van der Waals surface area contributed by atoms with Crippen LogP contribution in [-0.4, -0.2) is 21.4 Å². The lowest BCUT2D eigenvalue weighted by atomic mass is 10.2. The van der Waals surface area contributed by atoms with Crippen LogP contribution in [0.1, 0.15) is 12.8 Å². The summed E-state index contributed by atoms with van der Waals surface area (Å²) in [6, 6.07) is 6.76. The van der Waals surface area contributed by atoms with Crippen LogP contribution in [0.4, 0.5) is 11.4 Å². The van der Waals surface area contributed by atoms with Crippen molar-refractivity contribution in [2.45, 2.75) is 19.4 Å². The fourth-order valence-corrected chi connectivity index (χ4v) is 2.57. The lowest BCUT2D eigenvalue weighted by Crippen LogP contribution is -2.33. The van der Waals surface area contributed by atoms with Gasteiger partial charge in [0, 0.05) is 23.5 Å². The molecule has 130 valence electrons. The molecule has 0 saturated heterocycles. The second kappa shape index (κ2) is 7.06. The van der Waals surface area contributed by atoms with E-state index in [-0.39, 0.29) is 22.8 Å². The van der Waals surface area contributed by atoms with E-state index < -0.39 is 17.2 Å². The van der Waals surface area contributed by atoms with Crippen LogP contribution in [0.15, 0.2) is 44.5 Å². The van der Waals surface area contributed by atoms with E-state index in [0.717, 1.165) is 17.4 Å². The molecule has 0 aliphatic heterocycles. The lowest BCUT2D eigenvalue weighted by molar-refractivity contribution is -0.117. The first kappa shape index (κ1) is 17.2. The summed E-state index contributed by atoms with van der Waals surface area (Å²) in [5, 5.41) is 5.45. The van der Waals surface area contributed by atoms with Crippen LogP contribution in [-0.2, 0) is 16.1 Å². The molecule has 0 unspecified atom stereocenters. The van der Waals surface area contributed by atoms with Gasteiger partial charge in [-0.05, 0) is 47.0 Å². The molecule has 0 bridgehead atoms. The van der Waals surface area contributed by atoms with Gasteiger partial charge in [-0.25, -0.2) is 4.79 Å². The number of amides is 2. The highest BCUT2D eigenvalue weighted by molar-refractivity contribution is 9.10. The van der Waals surface area contributed by atoms with Crippen molar-refractivity contribution in [2.75, 3.05) is 10.6 Å². The maximum atomic E-state index is 12.1. The molecule has 3 N–H and O–H groups in total. The van der Waals surface area contributed by atoms with Crippen molar-refractivity contribution in [3.8, 4) is 0 Å². The largest absolute Gasteiger partial charge is 0.328 e. The molecule has 1 fully saturated rings. The predicted octanol–water partition coefficient (Wildman–Crippen LogP) is 1.29. The Kier molecular flexibility index (Phi) is 4.84. The molecule has 8 nitrogen and oxygen atoms in total. The summed E-state index contributed by atoms with van der Waals surface area (Å²) in [5.41, 5.74) is -0.136. The number of benzene rings is 1. The number of hydrogen-bond donors (Lipinski definition) is 3. The fraction of sp³-hybridized carbons (Fsp3) is 0.250. The Balaban J connectivity index is 1.66. The van der Waals surface area contributed by atoms with Crippen LogP contribution in [0.5, 0.6) is 0 Å². The van der Waals surface area contributed by atoms with Crippen LogP contribution in [0, 0.1) is 5.92 Å². The number of nitrogens with one attached hydrogen (secondary N) is 3. The third-order valence-electron chi connectivity index (χ3n) is 3.64. The molecule has 0 atom stereocenters. The molecule has 1 aromatic carbocycles. The van der Waals surface area contributed by atoms with Crippen molar-refractivity contribution >= 4 is 39.1 Å². The summed E-state index contributed by atoms with van der Waals surface area (Å²) in [4.78, 5) is 49.0. The van der Waals surface area contributed by atoms with Gasteiger partial charge in [0.25, 0.3) is 5.56 Å². The fourth-order valence-electron chi connectivity index (χ4n) is 2.22. The summed E-state index contributed by atoms with van der Waals surface area (Å²) in [6.45, 7) is -0.257. The van der Waals surface area contributed by atoms with Crippen LogP contribution in [0.2, 0.25) is 0 Å². The number of aromatic amines is 1. The first-order chi connectivity index (χ1) is 11.9. The number of carbonyl (C=O) groups is 2. The minimum absolute atomic E-state index is 0.0203. The number of hydrogen-bond acceptors (Lipinski definition) is 4. The van der Waals surface area contributed by atoms with Gasteiger partial charge in [0.1, 0.15) is 6.54 Å². The van der Waals surface area contributed by atoms with Gasteiger partial charge in [-0.3, -0.25) is 23.9 Å². The van der Waals surface area contributed by atoms with Crippen molar-refractivity contribution in [2.24, 2.45) is 5.92 Å². The van der Waals surface area contributed by atoms with Crippen LogP contribution >= 0.6 is 15.9 Å². The molecular formula is C16H15BrN4O4. The van der Waals surface area contributed by atoms with Gasteiger partial charge in [0.05, 0.1) is 4.47 Å². The molecule has 9 heteroatoms. The third kappa shape index (κ3) is 4.44. The van der Waals surface area contributed by atoms with Crippen LogP contribution in [0.25, 0.3) is 0 Å². The normalized spacial score (nSPS) is 13.3. The zero-order valence-corrected chi connectivity index (χ0v) is 14.6. The lowest BCUT2D eigenvalue weighted by Gasteiger charge is -2.09. The number of rotatable bonds is 5. The zero-order chi connectivity index (χ0) is 18.0. The Labute approximate surface area is 150 Å². The molecule has 1 aromatic heterocycles. The van der Waals surface area contributed by atoms with Crippen LogP contribution < -0.4 is 21.9 Å². The maximum Gasteiger partial charge on any atom is 0.328 e. The van der Waals surface area contributed by atoms with Gasteiger partial charge in [0.15, 0.2) is 0 Å². The average molecular weight is 407 g/mol. The minimum atomic E-state index is -0.672. The summed E-state index contributed by atoms with van der Waals surface area (Å²) in [5.74, 6) is -0.372. The summed E-state index contributed by atoms with van der Waals surface area (Å²) < 4.78 is 1.24. The van der Waals surface area contributed by atoms with Gasteiger partial charge < -0.3 is 10.6 Å². The van der Waals surface area contributed by atoms with Gasteiger partial charge in [-0.1, -0.05) is 6.07 Å². The number of halogens is 1. The van der Waals surface area contributed by atoms with Crippen molar-refractivity contribution in [3.05, 3.63) is 55.8 Å². The number of carbonyl (C=O) groups excluding carboxylic acids is 2. The van der Waals surface area contributed by atoms with E-state index in [0.29, 0.717) is 11.4 Å². The molecule has 2 amide bonds. The highest BCUT2D eigenvalue weighted by Gasteiger charge is 2.29. The van der Waals surface area contributed by atoms with Gasteiger partial charge in [-0.2, -0.15) is 0 Å². The molecule has 0 spiro atoms. The zero-order valence-electron chi connectivity index (χ0n) is 13.0. The smallest absolute Gasteiger partial charge is 0.326 e. The van der Waals surface area contributed by atoms with E-state index in [1.54, 1.807) is 24.3 Å². The highest BCUT2D eigenvalue weighted by Crippen LogP contribution is 2.30. The summed E-state index contributed by atoms with van der Waals surface area (Å²) >= 11 is 3.01. The molecule has 1 saturated carbocycles. The SMILES string of the molecule is O=C(Cn1cc(Br)c(=O)[nH]c1=O)Nc1cccc(NC(=O)C2CC2)c1. The average Bonchev–Trinajstić information content (AvgIpc) is 3.38. The quantitative estimate of drug-likeness (QED) is 0.693. The van der Waals surface area contributed by atoms with Crippen molar-refractivity contribution < 1.29 is 9.59 Å². The molecular weight excluding hydrogens is 392 g/mol. The molecule has 1 aliphatic rings. The topological polar surface area (TPSA) is 113 Å². The van der Waals surface area contributed by atoms with Gasteiger partial charge >= 0.3 is 5.69 Å². The Bertz CT molecular complexity index is 946. The first-order valence-corrected chi connectivity index (χ1v) is 8.42. The summed E-state index contributed by atoms with van der Waals surface area (Å²) in [7, 11) is 0. The maximum absolute atomic E-state index is 12.1. The second-order valence-electron chi connectivity index (χ2n) is 5.76. The Morgan fingerprint density at radius 3 is 2.56 bits per heavy atom. The minimum Gasteiger partial charge on any atom is -0.326 e. The van der Waals surface area contributed by atoms with Gasteiger partial charge in [0.2, 0.25) is 11.8 Å². The number of nitrogens with zero attached hydrogens (tertiary/aromatic N) is 1. The molecule has 1 heterocycles. The van der Waals surface area contributed by atoms with E-state index in [9.17, 15) is 19.2 Å². The van der Waals surface area contributed by atoms with Gasteiger partial charge in [-0.15, -0.1) is 0 Å².